The maximum atomic E-state index is 11.7. The molecule has 0 amide bonds. The highest BCUT2D eigenvalue weighted by Crippen LogP contribution is 2.02. The summed E-state index contributed by atoms with van der Waals surface area (Å²) >= 11 is 0. The van der Waals surface area contributed by atoms with E-state index < -0.39 is 0 Å². The number of hydrogen-bond acceptors (Lipinski definition) is 2. The van der Waals surface area contributed by atoms with Crippen molar-refractivity contribution < 1.29 is 9.53 Å². The Hall–Kier alpha value is -1.93. The van der Waals surface area contributed by atoms with Gasteiger partial charge in [-0.25, -0.2) is 0 Å². The normalized spacial score (nSPS) is 10.2. The highest BCUT2D eigenvalue weighted by Gasteiger charge is 2.04. The topological polar surface area (TPSA) is 26.3 Å². The van der Waals surface area contributed by atoms with Crippen LogP contribution in [0.2, 0.25) is 0 Å². The molecule has 0 atom stereocenters. The second kappa shape index (κ2) is 6.72. The van der Waals surface area contributed by atoms with E-state index >= 15 is 0 Å². The van der Waals surface area contributed by atoms with Gasteiger partial charge in [0.25, 0.3) is 0 Å². The van der Waals surface area contributed by atoms with Crippen molar-refractivity contribution in [2.24, 2.45) is 0 Å². The molecule has 18 heavy (non-hydrogen) atoms. The van der Waals surface area contributed by atoms with E-state index in [0.29, 0.717) is 12.2 Å². The molecule has 0 N–H and O–H groups in total. The van der Waals surface area contributed by atoms with E-state index in [1.165, 1.54) is 5.56 Å². The van der Waals surface area contributed by atoms with Crippen molar-refractivity contribution in [3.8, 4) is 0 Å². The van der Waals surface area contributed by atoms with Crippen LogP contribution in [0.15, 0.2) is 60.7 Å². The number of carbonyl (C=O) groups is 1. The Balaban J connectivity index is 1.72. The Morgan fingerprint density at radius 1 is 0.889 bits per heavy atom. The van der Waals surface area contributed by atoms with Gasteiger partial charge in [0.15, 0.2) is 5.78 Å². The third-order valence-electron chi connectivity index (χ3n) is 2.71. The minimum atomic E-state index is 0.0312. The largest absolute Gasteiger partial charge is 0.373 e. The highest BCUT2D eigenvalue weighted by molar-refractivity contribution is 5.96. The minimum absolute atomic E-state index is 0.0312. The Morgan fingerprint density at radius 3 is 2.17 bits per heavy atom. The van der Waals surface area contributed by atoms with Crippen LogP contribution >= 0.6 is 0 Å². The molecule has 2 heteroatoms. The number of benzene rings is 2. The average molecular weight is 240 g/mol. The predicted octanol–water partition coefficient (Wildman–Crippen LogP) is 3.13. The summed E-state index contributed by atoms with van der Waals surface area (Å²) in [6.45, 7) is 0.722. The van der Waals surface area contributed by atoms with Gasteiger partial charge in [-0.3, -0.25) is 4.79 Å². The molecule has 92 valence electrons. The SMILES string of the molecule is O=C(COCCc1ccccc1)c1ccccc1. The van der Waals surface area contributed by atoms with Crippen LogP contribution in [0.4, 0.5) is 0 Å². The number of ketones is 1. The zero-order valence-electron chi connectivity index (χ0n) is 10.2. The number of hydrogen-bond donors (Lipinski definition) is 0. The molecule has 0 bridgehead atoms. The van der Waals surface area contributed by atoms with Gasteiger partial charge in [-0.1, -0.05) is 60.7 Å². The molecule has 2 aromatic carbocycles. The van der Waals surface area contributed by atoms with Crippen LogP contribution < -0.4 is 0 Å². The lowest BCUT2D eigenvalue weighted by Crippen LogP contribution is -2.10. The first-order valence-corrected chi connectivity index (χ1v) is 6.06. The van der Waals surface area contributed by atoms with E-state index in [0.717, 1.165) is 6.42 Å². The molecule has 0 aliphatic carbocycles. The van der Waals surface area contributed by atoms with E-state index in [4.69, 9.17) is 4.74 Å². The smallest absolute Gasteiger partial charge is 0.188 e. The fraction of sp³-hybridized carbons (Fsp3) is 0.188. The van der Waals surface area contributed by atoms with Crippen molar-refractivity contribution in [3.05, 3.63) is 71.8 Å². The molecular formula is C16H16O2. The summed E-state index contributed by atoms with van der Waals surface area (Å²) in [5.41, 5.74) is 1.93. The Kier molecular flexibility index (Phi) is 4.68. The second-order valence-electron chi connectivity index (χ2n) is 4.08. The quantitative estimate of drug-likeness (QED) is 0.573. The minimum Gasteiger partial charge on any atom is -0.373 e. The monoisotopic (exact) mass is 240 g/mol. The molecular weight excluding hydrogens is 224 g/mol. The summed E-state index contributed by atoms with van der Waals surface area (Å²) in [6.07, 6.45) is 0.836. The lowest BCUT2D eigenvalue weighted by molar-refractivity contribution is 0.0765. The summed E-state index contributed by atoms with van der Waals surface area (Å²) in [6, 6.07) is 19.3. The van der Waals surface area contributed by atoms with Gasteiger partial charge in [0.1, 0.15) is 6.61 Å². The summed E-state index contributed by atoms with van der Waals surface area (Å²) < 4.78 is 5.40. The van der Waals surface area contributed by atoms with Gasteiger partial charge in [-0.2, -0.15) is 0 Å². The van der Waals surface area contributed by atoms with Gasteiger partial charge in [-0.15, -0.1) is 0 Å². The van der Waals surface area contributed by atoms with Gasteiger partial charge >= 0.3 is 0 Å². The molecule has 0 heterocycles. The molecule has 0 fully saturated rings. The van der Waals surface area contributed by atoms with E-state index in [1.54, 1.807) is 0 Å². The molecule has 0 aromatic heterocycles. The Morgan fingerprint density at radius 2 is 1.50 bits per heavy atom. The Bertz CT molecular complexity index is 477. The lowest BCUT2D eigenvalue weighted by Gasteiger charge is -2.04. The van der Waals surface area contributed by atoms with E-state index in [9.17, 15) is 4.79 Å². The Labute approximate surface area is 107 Å². The van der Waals surface area contributed by atoms with Crippen molar-refractivity contribution in [1.29, 1.82) is 0 Å². The van der Waals surface area contributed by atoms with Gasteiger partial charge < -0.3 is 4.74 Å². The van der Waals surface area contributed by atoms with Gasteiger partial charge in [-0.05, 0) is 12.0 Å². The summed E-state index contributed by atoms with van der Waals surface area (Å²) in [7, 11) is 0. The highest BCUT2D eigenvalue weighted by atomic mass is 16.5. The van der Waals surface area contributed by atoms with Gasteiger partial charge in [0.2, 0.25) is 0 Å². The second-order valence-corrected chi connectivity index (χ2v) is 4.08. The molecule has 2 aromatic rings. The summed E-state index contributed by atoms with van der Waals surface area (Å²) in [5.74, 6) is 0.0312. The molecule has 0 spiro atoms. The van der Waals surface area contributed by atoms with Crippen LogP contribution in [0, 0.1) is 0 Å². The zero-order chi connectivity index (χ0) is 12.6. The number of Topliss-reactive ketones (excluding diaryl/α,β-unsaturated/α-hetero) is 1. The van der Waals surface area contributed by atoms with Gasteiger partial charge in [0.05, 0.1) is 6.61 Å². The number of rotatable bonds is 6. The van der Waals surface area contributed by atoms with E-state index in [-0.39, 0.29) is 12.4 Å². The first-order valence-electron chi connectivity index (χ1n) is 6.06. The molecule has 0 saturated carbocycles. The third-order valence-corrected chi connectivity index (χ3v) is 2.71. The predicted molar refractivity (Wildman–Crippen MR) is 71.7 cm³/mol. The lowest BCUT2D eigenvalue weighted by atomic mass is 10.1. The van der Waals surface area contributed by atoms with Crippen molar-refractivity contribution >= 4 is 5.78 Å². The fourth-order valence-corrected chi connectivity index (χ4v) is 1.71. The van der Waals surface area contributed by atoms with Crippen LogP contribution in [-0.4, -0.2) is 19.0 Å². The third kappa shape index (κ3) is 3.82. The van der Waals surface area contributed by atoms with Crippen LogP contribution in [-0.2, 0) is 11.2 Å². The summed E-state index contributed by atoms with van der Waals surface area (Å²) in [5, 5.41) is 0. The first kappa shape index (κ1) is 12.5. The molecule has 0 aliphatic heterocycles. The average Bonchev–Trinajstić information content (AvgIpc) is 2.45. The van der Waals surface area contributed by atoms with Crippen LogP contribution in [0.5, 0.6) is 0 Å². The first-order chi connectivity index (χ1) is 8.86. The number of ether oxygens (including phenoxy) is 1. The molecule has 0 aliphatic rings. The molecule has 2 rings (SSSR count). The van der Waals surface area contributed by atoms with Gasteiger partial charge in [0, 0.05) is 5.56 Å². The summed E-state index contributed by atoms with van der Waals surface area (Å²) in [4.78, 5) is 11.7. The standard InChI is InChI=1S/C16H16O2/c17-16(15-9-5-2-6-10-15)13-18-12-11-14-7-3-1-4-8-14/h1-10H,11-13H2. The van der Waals surface area contributed by atoms with Crippen molar-refractivity contribution in [3.63, 3.8) is 0 Å². The van der Waals surface area contributed by atoms with E-state index in [2.05, 4.69) is 12.1 Å². The van der Waals surface area contributed by atoms with Crippen LogP contribution in [0.1, 0.15) is 15.9 Å². The number of carbonyl (C=O) groups excluding carboxylic acids is 1. The maximum absolute atomic E-state index is 11.7. The fourth-order valence-electron chi connectivity index (χ4n) is 1.71. The van der Waals surface area contributed by atoms with Crippen molar-refractivity contribution in [1.82, 2.24) is 0 Å². The van der Waals surface area contributed by atoms with Crippen LogP contribution in [0.3, 0.4) is 0 Å². The maximum Gasteiger partial charge on any atom is 0.188 e. The molecule has 0 radical (unpaired) electrons. The molecule has 0 saturated heterocycles. The molecule has 0 unspecified atom stereocenters. The van der Waals surface area contributed by atoms with E-state index in [1.807, 2.05) is 48.5 Å². The zero-order valence-corrected chi connectivity index (χ0v) is 10.2. The van der Waals surface area contributed by atoms with Crippen LogP contribution in [0.25, 0.3) is 0 Å². The van der Waals surface area contributed by atoms with Crippen molar-refractivity contribution in [2.45, 2.75) is 6.42 Å². The molecule has 2 nitrogen and oxygen atoms in total. The van der Waals surface area contributed by atoms with Crippen molar-refractivity contribution in [2.75, 3.05) is 13.2 Å².